The Balaban J connectivity index is 1.67. The summed E-state index contributed by atoms with van der Waals surface area (Å²) in [5.41, 5.74) is 1.97. The molecule has 0 bridgehead atoms. The number of benzene rings is 1. The van der Waals surface area contributed by atoms with Crippen molar-refractivity contribution in [1.82, 2.24) is 4.98 Å². The van der Waals surface area contributed by atoms with Crippen molar-refractivity contribution in [2.45, 2.75) is 19.4 Å². The quantitative estimate of drug-likeness (QED) is 0.646. The van der Waals surface area contributed by atoms with E-state index in [-0.39, 0.29) is 11.7 Å². The molecule has 1 aliphatic heterocycles. The SMILES string of the molecule is CC1(C)C=Cc2cc(Cl)cc(-c3csc(NC(=O)c4ccco4)n3)c2O1. The number of carbonyl (C=O) groups excluding carboxylic acids is 1. The number of ether oxygens (including phenoxy) is 1. The number of nitrogens with one attached hydrogen (secondary N) is 1. The zero-order valence-corrected chi connectivity index (χ0v) is 15.6. The molecule has 0 radical (unpaired) electrons. The maximum absolute atomic E-state index is 12.1. The molecule has 0 unspecified atom stereocenters. The highest BCUT2D eigenvalue weighted by Crippen LogP contribution is 2.42. The van der Waals surface area contributed by atoms with E-state index in [4.69, 9.17) is 20.8 Å². The van der Waals surface area contributed by atoms with E-state index in [2.05, 4.69) is 10.3 Å². The van der Waals surface area contributed by atoms with Crippen molar-refractivity contribution in [3.8, 4) is 17.0 Å². The number of fused-ring (bicyclic) bond motifs is 1. The summed E-state index contributed by atoms with van der Waals surface area (Å²) in [6.45, 7) is 3.97. The molecule has 2 aromatic heterocycles. The lowest BCUT2D eigenvalue weighted by Gasteiger charge is -2.29. The molecular weight excluding hydrogens is 372 g/mol. The van der Waals surface area contributed by atoms with Gasteiger partial charge in [0.15, 0.2) is 10.9 Å². The number of rotatable bonds is 3. The molecule has 1 amide bonds. The average Bonchev–Trinajstić information content (AvgIpc) is 3.25. The molecule has 0 spiro atoms. The zero-order chi connectivity index (χ0) is 18.3. The Hall–Kier alpha value is -2.57. The number of hydrogen-bond donors (Lipinski definition) is 1. The summed E-state index contributed by atoms with van der Waals surface area (Å²) in [7, 11) is 0. The summed E-state index contributed by atoms with van der Waals surface area (Å²) in [5.74, 6) is 0.623. The second-order valence-corrected chi connectivity index (χ2v) is 7.67. The van der Waals surface area contributed by atoms with Gasteiger partial charge < -0.3 is 9.15 Å². The first-order valence-corrected chi connectivity index (χ1v) is 9.20. The van der Waals surface area contributed by atoms with Gasteiger partial charge in [-0.3, -0.25) is 10.1 Å². The van der Waals surface area contributed by atoms with Gasteiger partial charge >= 0.3 is 0 Å². The first-order chi connectivity index (χ1) is 12.4. The van der Waals surface area contributed by atoms with Crippen LogP contribution < -0.4 is 10.1 Å². The van der Waals surface area contributed by atoms with Gasteiger partial charge in [-0.2, -0.15) is 0 Å². The number of halogens is 1. The first-order valence-electron chi connectivity index (χ1n) is 7.94. The van der Waals surface area contributed by atoms with Crippen LogP contribution >= 0.6 is 22.9 Å². The molecule has 0 saturated carbocycles. The predicted octanol–water partition coefficient (Wildman–Crippen LogP) is 5.49. The van der Waals surface area contributed by atoms with Crippen molar-refractivity contribution in [3.05, 3.63) is 58.3 Å². The largest absolute Gasteiger partial charge is 0.482 e. The van der Waals surface area contributed by atoms with E-state index in [9.17, 15) is 4.79 Å². The van der Waals surface area contributed by atoms with E-state index in [0.717, 1.165) is 16.9 Å². The molecule has 26 heavy (non-hydrogen) atoms. The topological polar surface area (TPSA) is 64.4 Å². The second kappa shape index (κ2) is 6.30. The molecule has 1 N–H and O–H groups in total. The zero-order valence-electron chi connectivity index (χ0n) is 14.1. The molecule has 132 valence electrons. The fourth-order valence-electron chi connectivity index (χ4n) is 2.65. The fraction of sp³-hybridized carbons (Fsp3) is 0.158. The van der Waals surface area contributed by atoms with Gasteiger partial charge in [0, 0.05) is 21.5 Å². The minimum atomic E-state index is -0.415. The molecule has 0 fully saturated rings. The molecule has 7 heteroatoms. The standard InChI is InChI=1S/C19H15ClN2O3S/c1-19(2)6-5-11-8-12(20)9-13(16(11)25-19)14-10-26-18(21-14)22-17(23)15-4-3-7-24-15/h3-10H,1-2H3,(H,21,22,23). The summed E-state index contributed by atoms with van der Waals surface area (Å²) in [5, 5.41) is 5.66. The van der Waals surface area contributed by atoms with Crippen LogP contribution in [0.1, 0.15) is 30.0 Å². The maximum Gasteiger partial charge on any atom is 0.293 e. The summed E-state index contributed by atoms with van der Waals surface area (Å²) in [6, 6.07) is 6.94. The number of nitrogens with zero attached hydrogens (tertiary/aromatic N) is 1. The Morgan fingerprint density at radius 3 is 2.96 bits per heavy atom. The summed E-state index contributed by atoms with van der Waals surface area (Å²) >= 11 is 7.59. The first kappa shape index (κ1) is 16.9. The number of aromatic nitrogens is 1. The van der Waals surface area contributed by atoms with Crippen LogP contribution in [0.15, 0.2) is 46.4 Å². The third kappa shape index (κ3) is 3.25. The number of carbonyl (C=O) groups is 1. The van der Waals surface area contributed by atoms with Crippen molar-refractivity contribution in [2.24, 2.45) is 0 Å². The van der Waals surface area contributed by atoms with Gasteiger partial charge in [0.25, 0.3) is 5.91 Å². The van der Waals surface area contributed by atoms with Gasteiger partial charge in [0.1, 0.15) is 11.4 Å². The number of furan rings is 1. The number of amides is 1. The fourth-order valence-corrected chi connectivity index (χ4v) is 3.58. The lowest BCUT2D eigenvalue weighted by Crippen LogP contribution is -2.27. The van der Waals surface area contributed by atoms with E-state index >= 15 is 0 Å². The Morgan fingerprint density at radius 2 is 2.19 bits per heavy atom. The number of thiazole rings is 1. The highest BCUT2D eigenvalue weighted by Gasteiger charge is 2.26. The number of hydrogen-bond acceptors (Lipinski definition) is 5. The van der Waals surface area contributed by atoms with Crippen LogP contribution in [-0.2, 0) is 0 Å². The van der Waals surface area contributed by atoms with Crippen molar-refractivity contribution >= 4 is 40.1 Å². The molecule has 1 aromatic carbocycles. The van der Waals surface area contributed by atoms with Gasteiger partial charge in [0.2, 0.25) is 0 Å². The van der Waals surface area contributed by atoms with E-state index in [1.807, 2.05) is 43.5 Å². The van der Waals surface area contributed by atoms with Crippen LogP contribution in [0.5, 0.6) is 5.75 Å². The Morgan fingerprint density at radius 1 is 1.35 bits per heavy atom. The molecular formula is C19H15ClN2O3S. The van der Waals surface area contributed by atoms with E-state index in [0.29, 0.717) is 15.8 Å². The van der Waals surface area contributed by atoms with Gasteiger partial charge in [0.05, 0.1) is 12.0 Å². The van der Waals surface area contributed by atoms with Crippen LogP contribution in [0.2, 0.25) is 5.02 Å². The van der Waals surface area contributed by atoms with Gasteiger partial charge in [-0.15, -0.1) is 11.3 Å². The lowest BCUT2D eigenvalue weighted by atomic mass is 9.99. The summed E-state index contributed by atoms with van der Waals surface area (Å²) in [6.07, 6.45) is 5.44. The van der Waals surface area contributed by atoms with Crippen molar-refractivity contribution < 1.29 is 13.9 Å². The third-order valence-electron chi connectivity index (χ3n) is 3.86. The molecule has 0 aliphatic carbocycles. The van der Waals surface area contributed by atoms with Gasteiger partial charge in [-0.05, 0) is 44.2 Å². The predicted molar refractivity (Wildman–Crippen MR) is 103 cm³/mol. The second-order valence-electron chi connectivity index (χ2n) is 6.38. The van der Waals surface area contributed by atoms with Gasteiger partial charge in [-0.1, -0.05) is 17.7 Å². The van der Waals surface area contributed by atoms with Crippen LogP contribution in [0, 0.1) is 0 Å². The molecule has 5 nitrogen and oxygen atoms in total. The molecule has 1 aliphatic rings. The molecule has 3 aromatic rings. The van der Waals surface area contributed by atoms with Crippen molar-refractivity contribution in [3.63, 3.8) is 0 Å². The third-order valence-corrected chi connectivity index (χ3v) is 4.83. The smallest absolute Gasteiger partial charge is 0.293 e. The van der Waals surface area contributed by atoms with Crippen LogP contribution in [0.25, 0.3) is 17.3 Å². The van der Waals surface area contributed by atoms with E-state index in [1.54, 1.807) is 12.1 Å². The van der Waals surface area contributed by atoms with Crippen molar-refractivity contribution in [2.75, 3.05) is 5.32 Å². The number of anilines is 1. The highest BCUT2D eigenvalue weighted by molar-refractivity contribution is 7.14. The lowest BCUT2D eigenvalue weighted by molar-refractivity contribution is 0.0996. The Bertz CT molecular complexity index is 1010. The minimum absolute atomic E-state index is 0.233. The maximum atomic E-state index is 12.1. The Labute approximate surface area is 159 Å². The monoisotopic (exact) mass is 386 g/mol. The van der Waals surface area contributed by atoms with Gasteiger partial charge in [-0.25, -0.2) is 4.98 Å². The van der Waals surface area contributed by atoms with Crippen LogP contribution in [0.4, 0.5) is 5.13 Å². The van der Waals surface area contributed by atoms with Crippen molar-refractivity contribution in [1.29, 1.82) is 0 Å². The van der Waals surface area contributed by atoms with Crippen LogP contribution in [-0.4, -0.2) is 16.5 Å². The van der Waals surface area contributed by atoms with E-state index < -0.39 is 5.60 Å². The molecule has 0 saturated heterocycles. The molecule has 3 heterocycles. The molecule has 4 rings (SSSR count). The Kier molecular flexibility index (Phi) is 4.09. The molecule has 0 atom stereocenters. The summed E-state index contributed by atoms with van der Waals surface area (Å²) in [4.78, 5) is 16.6. The minimum Gasteiger partial charge on any atom is -0.482 e. The van der Waals surface area contributed by atoms with Crippen LogP contribution in [0.3, 0.4) is 0 Å². The average molecular weight is 387 g/mol. The summed E-state index contributed by atoms with van der Waals surface area (Å²) < 4.78 is 11.2. The normalized spacial score (nSPS) is 14.6. The highest BCUT2D eigenvalue weighted by atomic mass is 35.5. The van der Waals surface area contributed by atoms with E-state index in [1.165, 1.54) is 17.6 Å².